The number of ketones is 1. The Morgan fingerprint density at radius 3 is 2.62 bits per heavy atom. The molecule has 0 amide bonds. The Kier molecular flexibility index (Phi) is 4.55. The minimum Gasteiger partial charge on any atom is -0.320 e. The second-order valence-corrected chi connectivity index (χ2v) is 3.69. The third-order valence-corrected chi connectivity index (χ3v) is 2.41. The van der Waals surface area contributed by atoms with Crippen LogP contribution < -0.4 is 5.32 Å². The van der Waals surface area contributed by atoms with Crippen molar-refractivity contribution >= 4 is 5.78 Å². The molecule has 88 valence electrons. The minimum atomic E-state index is -1.03. The van der Waals surface area contributed by atoms with Crippen LogP contribution in [0.2, 0.25) is 0 Å². The normalized spacial score (nSPS) is 10.5. The topological polar surface area (TPSA) is 29.1 Å². The molecule has 0 aliphatic rings. The van der Waals surface area contributed by atoms with Crippen LogP contribution in [0.1, 0.15) is 28.8 Å². The van der Waals surface area contributed by atoms with Crippen LogP contribution in [0, 0.1) is 18.6 Å². The minimum absolute atomic E-state index is 0.154. The monoisotopic (exact) mass is 227 g/mol. The van der Waals surface area contributed by atoms with Gasteiger partial charge in [-0.2, -0.15) is 0 Å². The largest absolute Gasteiger partial charge is 0.320 e. The van der Waals surface area contributed by atoms with Gasteiger partial charge in [-0.25, -0.2) is 8.78 Å². The number of hydrogen-bond acceptors (Lipinski definition) is 2. The number of halogens is 2. The zero-order valence-corrected chi connectivity index (χ0v) is 9.44. The van der Waals surface area contributed by atoms with Gasteiger partial charge in [0.1, 0.15) is 0 Å². The molecule has 0 aliphatic carbocycles. The number of hydrogen-bond donors (Lipinski definition) is 1. The molecule has 1 rings (SSSR count). The molecule has 0 unspecified atom stereocenters. The average Bonchev–Trinajstić information content (AvgIpc) is 2.26. The van der Waals surface area contributed by atoms with Crippen LogP contribution in [0.15, 0.2) is 12.1 Å². The summed E-state index contributed by atoms with van der Waals surface area (Å²) in [6.07, 6.45) is 0.838. The summed E-state index contributed by atoms with van der Waals surface area (Å²) in [5, 5.41) is 2.89. The van der Waals surface area contributed by atoms with Gasteiger partial charge < -0.3 is 5.32 Å². The van der Waals surface area contributed by atoms with E-state index in [0.29, 0.717) is 13.0 Å². The van der Waals surface area contributed by atoms with E-state index in [4.69, 9.17) is 0 Å². The highest BCUT2D eigenvalue weighted by atomic mass is 19.2. The molecule has 1 aromatic carbocycles. The summed E-state index contributed by atoms with van der Waals surface area (Å²) < 4.78 is 26.6. The summed E-state index contributed by atoms with van der Waals surface area (Å²) in [6.45, 7) is 2.15. The first-order chi connectivity index (χ1) is 7.57. The van der Waals surface area contributed by atoms with E-state index in [0.717, 1.165) is 0 Å². The molecule has 0 aromatic heterocycles. The van der Waals surface area contributed by atoms with Gasteiger partial charge in [0, 0.05) is 6.42 Å². The first-order valence-electron chi connectivity index (χ1n) is 5.20. The number of carbonyl (C=O) groups is 1. The first-order valence-corrected chi connectivity index (χ1v) is 5.20. The second kappa shape index (κ2) is 5.70. The van der Waals surface area contributed by atoms with Crippen LogP contribution in [0.25, 0.3) is 0 Å². The quantitative estimate of drug-likeness (QED) is 0.618. The van der Waals surface area contributed by atoms with E-state index in [1.807, 2.05) is 0 Å². The van der Waals surface area contributed by atoms with Gasteiger partial charge in [-0.3, -0.25) is 4.79 Å². The van der Waals surface area contributed by atoms with E-state index < -0.39 is 11.6 Å². The summed E-state index contributed by atoms with van der Waals surface area (Å²) in [5.41, 5.74) is 0.0588. The third kappa shape index (κ3) is 2.85. The number of rotatable bonds is 5. The molecule has 0 aliphatic heterocycles. The van der Waals surface area contributed by atoms with E-state index >= 15 is 0 Å². The molecule has 0 spiro atoms. The van der Waals surface area contributed by atoms with Crippen molar-refractivity contribution < 1.29 is 13.6 Å². The Morgan fingerprint density at radius 2 is 2.00 bits per heavy atom. The number of Topliss-reactive ketones (excluding diaryl/α,β-unsaturated/α-hetero) is 1. The fraction of sp³-hybridized carbons (Fsp3) is 0.417. The maximum Gasteiger partial charge on any atom is 0.169 e. The Labute approximate surface area is 93.7 Å². The summed E-state index contributed by atoms with van der Waals surface area (Å²) in [4.78, 5) is 11.6. The van der Waals surface area contributed by atoms with Crippen molar-refractivity contribution in [3.05, 3.63) is 34.9 Å². The Morgan fingerprint density at radius 1 is 1.31 bits per heavy atom. The summed E-state index contributed by atoms with van der Waals surface area (Å²) >= 11 is 0. The fourth-order valence-electron chi connectivity index (χ4n) is 1.42. The van der Waals surface area contributed by atoms with Crippen LogP contribution in [-0.2, 0) is 0 Å². The molecule has 1 N–H and O–H groups in total. The van der Waals surface area contributed by atoms with Crippen molar-refractivity contribution in [2.75, 3.05) is 13.6 Å². The van der Waals surface area contributed by atoms with Gasteiger partial charge in [0.05, 0.1) is 5.56 Å². The SMILES string of the molecule is CNCCCC(=O)c1ccc(C)c(F)c1F. The molecule has 1 aromatic rings. The van der Waals surface area contributed by atoms with Gasteiger partial charge >= 0.3 is 0 Å². The molecule has 0 radical (unpaired) electrons. The maximum atomic E-state index is 13.4. The summed E-state index contributed by atoms with van der Waals surface area (Å²) in [6, 6.07) is 2.76. The lowest BCUT2D eigenvalue weighted by molar-refractivity contribution is 0.0975. The predicted molar refractivity (Wildman–Crippen MR) is 58.6 cm³/mol. The van der Waals surface area contributed by atoms with E-state index in [9.17, 15) is 13.6 Å². The van der Waals surface area contributed by atoms with Crippen LogP contribution >= 0.6 is 0 Å². The second-order valence-electron chi connectivity index (χ2n) is 3.69. The Hall–Kier alpha value is -1.29. The van der Waals surface area contributed by atoms with Gasteiger partial charge in [-0.15, -0.1) is 0 Å². The van der Waals surface area contributed by atoms with Gasteiger partial charge in [0.2, 0.25) is 0 Å². The smallest absolute Gasteiger partial charge is 0.169 e. The Bertz CT molecular complexity index is 391. The lowest BCUT2D eigenvalue weighted by Crippen LogP contribution is -2.11. The Balaban J connectivity index is 2.80. The van der Waals surface area contributed by atoms with E-state index in [2.05, 4.69) is 5.32 Å². The highest BCUT2D eigenvalue weighted by molar-refractivity contribution is 5.96. The van der Waals surface area contributed by atoms with Crippen LogP contribution in [0.4, 0.5) is 8.78 Å². The number of aryl methyl sites for hydroxylation is 1. The number of benzene rings is 1. The van der Waals surface area contributed by atoms with Gasteiger partial charge in [-0.05, 0) is 38.6 Å². The summed E-state index contributed by atoms with van der Waals surface area (Å²) in [5.74, 6) is -2.32. The summed E-state index contributed by atoms with van der Waals surface area (Å²) in [7, 11) is 1.77. The van der Waals surface area contributed by atoms with Gasteiger partial charge in [0.15, 0.2) is 17.4 Å². The van der Waals surface area contributed by atoms with Crippen LogP contribution in [-0.4, -0.2) is 19.4 Å². The van der Waals surface area contributed by atoms with Crippen LogP contribution in [0.5, 0.6) is 0 Å². The van der Waals surface area contributed by atoms with Crippen molar-refractivity contribution in [3.8, 4) is 0 Å². The van der Waals surface area contributed by atoms with E-state index in [1.54, 1.807) is 7.05 Å². The van der Waals surface area contributed by atoms with E-state index in [-0.39, 0.29) is 23.3 Å². The molecule has 0 fully saturated rings. The van der Waals surface area contributed by atoms with Crippen molar-refractivity contribution in [1.82, 2.24) is 5.32 Å². The molecule has 0 saturated carbocycles. The van der Waals surface area contributed by atoms with Crippen molar-refractivity contribution in [3.63, 3.8) is 0 Å². The maximum absolute atomic E-state index is 13.4. The van der Waals surface area contributed by atoms with Gasteiger partial charge in [-0.1, -0.05) is 6.07 Å². The number of nitrogens with one attached hydrogen (secondary N) is 1. The molecule has 0 bridgehead atoms. The highest BCUT2D eigenvalue weighted by Gasteiger charge is 2.16. The molecule has 16 heavy (non-hydrogen) atoms. The van der Waals surface area contributed by atoms with Crippen molar-refractivity contribution in [2.24, 2.45) is 0 Å². The fourth-order valence-corrected chi connectivity index (χ4v) is 1.42. The molecule has 0 heterocycles. The predicted octanol–water partition coefficient (Wildman–Crippen LogP) is 2.46. The average molecular weight is 227 g/mol. The lowest BCUT2D eigenvalue weighted by atomic mass is 10.0. The molecular weight excluding hydrogens is 212 g/mol. The standard InChI is InChI=1S/C12H15F2NO/c1-8-5-6-9(12(14)11(8)13)10(16)4-3-7-15-2/h5-6,15H,3-4,7H2,1-2H3. The lowest BCUT2D eigenvalue weighted by Gasteiger charge is -2.05. The molecule has 0 saturated heterocycles. The molecule has 2 nitrogen and oxygen atoms in total. The van der Waals surface area contributed by atoms with Gasteiger partial charge in [0.25, 0.3) is 0 Å². The highest BCUT2D eigenvalue weighted by Crippen LogP contribution is 2.17. The first kappa shape index (κ1) is 12.8. The molecule has 4 heteroatoms. The van der Waals surface area contributed by atoms with Crippen molar-refractivity contribution in [1.29, 1.82) is 0 Å². The zero-order valence-electron chi connectivity index (χ0n) is 9.44. The molecule has 0 atom stereocenters. The number of carbonyl (C=O) groups excluding carboxylic acids is 1. The molecular formula is C12H15F2NO. The van der Waals surface area contributed by atoms with Crippen LogP contribution in [0.3, 0.4) is 0 Å². The zero-order chi connectivity index (χ0) is 12.1. The van der Waals surface area contributed by atoms with E-state index in [1.165, 1.54) is 19.1 Å². The third-order valence-electron chi connectivity index (χ3n) is 2.41. The van der Waals surface area contributed by atoms with Crippen molar-refractivity contribution in [2.45, 2.75) is 19.8 Å².